The van der Waals surface area contributed by atoms with Crippen LogP contribution in [0.25, 0.3) is 0 Å². The minimum Gasteiger partial charge on any atom is -0.324 e. The lowest BCUT2D eigenvalue weighted by Crippen LogP contribution is -2.35. The summed E-state index contributed by atoms with van der Waals surface area (Å²) in [4.78, 5) is 0. The average Bonchev–Trinajstić information content (AvgIpc) is 2.51. The van der Waals surface area contributed by atoms with E-state index in [1.807, 2.05) is 0 Å². The summed E-state index contributed by atoms with van der Waals surface area (Å²) in [7, 11) is 0. The van der Waals surface area contributed by atoms with E-state index in [-0.39, 0.29) is 6.04 Å². The summed E-state index contributed by atoms with van der Waals surface area (Å²) in [5.41, 5.74) is 6.20. The van der Waals surface area contributed by atoms with Crippen molar-refractivity contribution in [2.45, 2.75) is 40.2 Å². The van der Waals surface area contributed by atoms with Gasteiger partial charge in [0, 0.05) is 19.1 Å². The zero-order valence-electron chi connectivity index (χ0n) is 10.6. The number of hydrogen-bond donors (Lipinski definition) is 2. The molecule has 0 spiro atoms. The molecular weight excluding hydrogens is 184 g/mol. The van der Waals surface area contributed by atoms with Gasteiger partial charge in [0.15, 0.2) is 0 Å². The van der Waals surface area contributed by atoms with E-state index in [0.29, 0.717) is 17.3 Å². The fourth-order valence-corrected chi connectivity index (χ4v) is 1.74. The Morgan fingerprint density at radius 2 is 2.07 bits per heavy atom. The first-order chi connectivity index (χ1) is 6.92. The Morgan fingerprint density at radius 1 is 1.40 bits per heavy atom. The van der Waals surface area contributed by atoms with Crippen LogP contribution in [0.2, 0.25) is 0 Å². The standard InChI is InChI=1S/C13H26N2/c1-10(2)13(3,4)9-15-8-11-5-6-12(14)7-11/h5-6,10-12,15H,7-9,14H2,1-4H3. The van der Waals surface area contributed by atoms with Gasteiger partial charge in [-0.1, -0.05) is 39.8 Å². The van der Waals surface area contributed by atoms with Gasteiger partial charge < -0.3 is 11.1 Å². The van der Waals surface area contributed by atoms with E-state index in [0.717, 1.165) is 19.5 Å². The molecule has 1 aliphatic carbocycles. The zero-order valence-corrected chi connectivity index (χ0v) is 10.6. The average molecular weight is 210 g/mol. The van der Waals surface area contributed by atoms with E-state index in [9.17, 15) is 0 Å². The van der Waals surface area contributed by atoms with Crippen LogP contribution in [0.15, 0.2) is 12.2 Å². The Labute approximate surface area is 94.3 Å². The molecule has 0 heterocycles. The molecule has 1 aliphatic rings. The first kappa shape index (κ1) is 12.7. The van der Waals surface area contributed by atoms with E-state index >= 15 is 0 Å². The number of nitrogens with two attached hydrogens (primary N) is 1. The second kappa shape index (κ2) is 5.13. The van der Waals surface area contributed by atoms with Crippen LogP contribution in [0.1, 0.15) is 34.1 Å². The van der Waals surface area contributed by atoms with Crippen LogP contribution in [-0.2, 0) is 0 Å². The van der Waals surface area contributed by atoms with E-state index < -0.39 is 0 Å². The van der Waals surface area contributed by atoms with Crippen molar-refractivity contribution in [3.8, 4) is 0 Å². The fraction of sp³-hybridized carbons (Fsp3) is 0.846. The summed E-state index contributed by atoms with van der Waals surface area (Å²) in [5.74, 6) is 1.36. The molecule has 88 valence electrons. The van der Waals surface area contributed by atoms with Gasteiger partial charge in [-0.25, -0.2) is 0 Å². The zero-order chi connectivity index (χ0) is 11.5. The fourth-order valence-electron chi connectivity index (χ4n) is 1.74. The Bertz CT molecular complexity index is 219. The molecule has 0 fully saturated rings. The molecule has 1 rings (SSSR count). The van der Waals surface area contributed by atoms with Crippen molar-refractivity contribution in [3.05, 3.63) is 12.2 Å². The van der Waals surface area contributed by atoms with Crippen molar-refractivity contribution < 1.29 is 0 Å². The molecule has 0 aliphatic heterocycles. The van der Waals surface area contributed by atoms with Crippen LogP contribution >= 0.6 is 0 Å². The van der Waals surface area contributed by atoms with Gasteiger partial charge in [0.05, 0.1) is 0 Å². The van der Waals surface area contributed by atoms with Crippen LogP contribution in [0.4, 0.5) is 0 Å². The van der Waals surface area contributed by atoms with Gasteiger partial charge in [-0.3, -0.25) is 0 Å². The summed E-state index contributed by atoms with van der Waals surface area (Å²) in [6.07, 6.45) is 5.48. The molecule has 15 heavy (non-hydrogen) atoms. The highest BCUT2D eigenvalue weighted by Gasteiger charge is 2.22. The lowest BCUT2D eigenvalue weighted by Gasteiger charge is -2.30. The maximum atomic E-state index is 5.82. The molecule has 0 amide bonds. The van der Waals surface area contributed by atoms with Gasteiger partial charge in [-0.2, -0.15) is 0 Å². The minimum absolute atomic E-state index is 0.287. The van der Waals surface area contributed by atoms with Crippen LogP contribution in [0.5, 0.6) is 0 Å². The summed E-state index contributed by atoms with van der Waals surface area (Å²) in [6.45, 7) is 11.4. The Balaban J connectivity index is 2.19. The van der Waals surface area contributed by atoms with Crippen LogP contribution in [-0.4, -0.2) is 19.1 Å². The lowest BCUT2D eigenvalue weighted by molar-refractivity contribution is 0.235. The van der Waals surface area contributed by atoms with E-state index in [2.05, 4.69) is 45.2 Å². The second-order valence-corrected chi connectivity index (χ2v) is 5.82. The molecule has 3 N–H and O–H groups in total. The maximum Gasteiger partial charge on any atom is 0.0229 e. The predicted octanol–water partition coefficient (Wildman–Crippen LogP) is 2.16. The van der Waals surface area contributed by atoms with Crippen LogP contribution in [0.3, 0.4) is 0 Å². The van der Waals surface area contributed by atoms with Crippen molar-refractivity contribution >= 4 is 0 Å². The van der Waals surface area contributed by atoms with E-state index in [4.69, 9.17) is 5.73 Å². The monoisotopic (exact) mass is 210 g/mol. The summed E-state index contributed by atoms with van der Waals surface area (Å²) < 4.78 is 0. The maximum absolute atomic E-state index is 5.82. The van der Waals surface area contributed by atoms with Crippen molar-refractivity contribution in [2.24, 2.45) is 23.0 Å². The molecule has 2 atom stereocenters. The third-order valence-electron chi connectivity index (χ3n) is 3.76. The van der Waals surface area contributed by atoms with Gasteiger partial charge >= 0.3 is 0 Å². The predicted molar refractivity (Wildman–Crippen MR) is 66.7 cm³/mol. The normalized spacial score (nSPS) is 26.5. The summed E-state index contributed by atoms with van der Waals surface area (Å²) in [5, 5.41) is 3.56. The van der Waals surface area contributed by atoms with Gasteiger partial charge in [-0.05, 0) is 23.7 Å². The molecule has 0 saturated carbocycles. The highest BCUT2D eigenvalue weighted by Crippen LogP contribution is 2.25. The molecule has 0 aromatic rings. The highest BCUT2D eigenvalue weighted by atomic mass is 14.9. The number of nitrogens with one attached hydrogen (secondary N) is 1. The third-order valence-corrected chi connectivity index (χ3v) is 3.76. The Kier molecular flexibility index (Phi) is 4.35. The second-order valence-electron chi connectivity index (χ2n) is 5.82. The summed E-state index contributed by atoms with van der Waals surface area (Å²) in [6, 6.07) is 0.287. The molecule has 2 heteroatoms. The molecule has 0 aromatic heterocycles. The quantitative estimate of drug-likeness (QED) is 0.682. The molecule has 2 nitrogen and oxygen atoms in total. The molecule has 0 aromatic carbocycles. The number of hydrogen-bond acceptors (Lipinski definition) is 2. The molecule has 0 saturated heterocycles. The van der Waals surface area contributed by atoms with Crippen molar-refractivity contribution in [1.82, 2.24) is 5.32 Å². The smallest absolute Gasteiger partial charge is 0.0229 e. The van der Waals surface area contributed by atoms with Gasteiger partial charge in [0.2, 0.25) is 0 Å². The largest absolute Gasteiger partial charge is 0.324 e. The third kappa shape index (κ3) is 3.96. The highest BCUT2D eigenvalue weighted by molar-refractivity contribution is 5.05. The molecule has 0 bridgehead atoms. The van der Waals surface area contributed by atoms with Gasteiger partial charge in [0.25, 0.3) is 0 Å². The summed E-state index contributed by atoms with van der Waals surface area (Å²) >= 11 is 0. The van der Waals surface area contributed by atoms with Crippen molar-refractivity contribution in [1.29, 1.82) is 0 Å². The van der Waals surface area contributed by atoms with Gasteiger partial charge in [-0.15, -0.1) is 0 Å². The van der Waals surface area contributed by atoms with Gasteiger partial charge in [0.1, 0.15) is 0 Å². The Hall–Kier alpha value is -0.340. The van der Waals surface area contributed by atoms with E-state index in [1.165, 1.54) is 0 Å². The SMILES string of the molecule is CC(C)C(C)(C)CNCC1C=CC(N)C1. The molecule has 0 radical (unpaired) electrons. The first-order valence-electron chi connectivity index (χ1n) is 6.06. The first-order valence-corrected chi connectivity index (χ1v) is 6.06. The Morgan fingerprint density at radius 3 is 2.53 bits per heavy atom. The minimum atomic E-state index is 0.287. The topological polar surface area (TPSA) is 38.0 Å². The van der Waals surface area contributed by atoms with Crippen molar-refractivity contribution in [3.63, 3.8) is 0 Å². The van der Waals surface area contributed by atoms with E-state index in [1.54, 1.807) is 0 Å². The van der Waals surface area contributed by atoms with Crippen LogP contribution < -0.4 is 11.1 Å². The van der Waals surface area contributed by atoms with Crippen LogP contribution in [0, 0.1) is 17.3 Å². The molecule has 2 unspecified atom stereocenters. The lowest BCUT2D eigenvalue weighted by atomic mass is 9.81. The molecular formula is C13H26N2. The van der Waals surface area contributed by atoms with Crippen molar-refractivity contribution in [2.75, 3.05) is 13.1 Å². The number of rotatable bonds is 5.